The molecule has 1 aromatic carbocycles. The molecule has 2 aromatic rings. The number of amides is 1. The van der Waals surface area contributed by atoms with Gasteiger partial charge >= 0.3 is 0 Å². The highest BCUT2D eigenvalue weighted by atomic mass is 16.2. The highest BCUT2D eigenvalue weighted by Crippen LogP contribution is 2.25. The van der Waals surface area contributed by atoms with E-state index in [9.17, 15) is 4.79 Å². The van der Waals surface area contributed by atoms with Gasteiger partial charge in [-0.25, -0.2) is 9.97 Å². The smallest absolute Gasteiger partial charge is 0.272 e. The molecule has 1 aromatic heterocycles. The maximum absolute atomic E-state index is 12.5. The molecular formula is C19H26N4O. The van der Waals surface area contributed by atoms with Crippen LogP contribution in [0.2, 0.25) is 0 Å². The Balaban J connectivity index is 2.34. The maximum atomic E-state index is 12.5. The molecule has 0 saturated heterocycles. The first-order chi connectivity index (χ1) is 11.5. The first-order valence-electron chi connectivity index (χ1n) is 8.47. The van der Waals surface area contributed by atoms with Crippen LogP contribution in [0.15, 0.2) is 30.3 Å². The number of benzene rings is 1. The number of rotatable bonds is 6. The van der Waals surface area contributed by atoms with E-state index in [0.29, 0.717) is 30.6 Å². The van der Waals surface area contributed by atoms with E-state index in [1.807, 2.05) is 39.0 Å². The molecule has 0 bridgehead atoms. The monoisotopic (exact) mass is 326 g/mol. The van der Waals surface area contributed by atoms with Gasteiger partial charge in [0, 0.05) is 24.5 Å². The Kier molecular flexibility index (Phi) is 5.90. The lowest BCUT2D eigenvalue weighted by Crippen LogP contribution is -2.31. The molecule has 24 heavy (non-hydrogen) atoms. The molecule has 0 radical (unpaired) electrons. The summed E-state index contributed by atoms with van der Waals surface area (Å²) in [5, 5.41) is 3.27. The van der Waals surface area contributed by atoms with Gasteiger partial charge in [-0.15, -0.1) is 0 Å². The maximum Gasteiger partial charge on any atom is 0.272 e. The molecule has 0 fully saturated rings. The molecule has 0 aliphatic rings. The molecule has 0 aliphatic heterocycles. The Hall–Kier alpha value is -2.43. The Morgan fingerprint density at radius 3 is 2.46 bits per heavy atom. The third kappa shape index (κ3) is 4.10. The van der Waals surface area contributed by atoms with E-state index in [2.05, 4.69) is 35.2 Å². The molecule has 5 heteroatoms. The molecular weight excluding hydrogens is 300 g/mol. The minimum absolute atomic E-state index is 0.0642. The summed E-state index contributed by atoms with van der Waals surface area (Å²) in [5.74, 6) is 0.777. The van der Waals surface area contributed by atoms with Crippen LogP contribution in [0.1, 0.15) is 55.4 Å². The summed E-state index contributed by atoms with van der Waals surface area (Å²) in [7, 11) is 0. The number of carbonyl (C=O) groups is 1. The van der Waals surface area contributed by atoms with Crippen LogP contribution in [-0.2, 0) is 0 Å². The van der Waals surface area contributed by atoms with Crippen LogP contribution in [0.5, 0.6) is 0 Å². The number of aryl methyl sites for hydroxylation is 1. The second kappa shape index (κ2) is 7.90. The van der Waals surface area contributed by atoms with Gasteiger partial charge < -0.3 is 10.2 Å². The zero-order valence-electron chi connectivity index (χ0n) is 15.1. The van der Waals surface area contributed by atoms with Crippen molar-refractivity contribution >= 4 is 17.5 Å². The average Bonchev–Trinajstić information content (AvgIpc) is 2.55. The fourth-order valence-electron chi connectivity index (χ4n) is 2.64. The topological polar surface area (TPSA) is 58.1 Å². The van der Waals surface area contributed by atoms with E-state index < -0.39 is 0 Å². The van der Waals surface area contributed by atoms with Crippen LogP contribution in [0.25, 0.3) is 0 Å². The van der Waals surface area contributed by atoms with Gasteiger partial charge in [0.1, 0.15) is 5.69 Å². The normalized spacial score (nSPS) is 10.8. The molecule has 128 valence electrons. The summed E-state index contributed by atoms with van der Waals surface area (Å²) >= 11 is 0. The van der Waals surface area contributed by atoms with Crippen molar-refractivity contribution in [3.05, 3.63) is 47.3 Å². The molecule has 1 N–H and O–H groups in total. The second-order valence-electron chi connectivity index (χ2n) is 6.06. The Labute approximate surface area is 144 Å². The quantitative estimate of drug-likeness (QED) is 0.867. The van der Waals surface area contributed by atoms with Crippen molar-refractivity contribution in [3.8, 4) is 0 Å². The van der Waals surface area contributed by atoms with Gasteiger partial charge in [-0.1, -0.05) is 32.0 Å². The summed E-state index contributed by atoms with van der Waals surface area (Å²) in [5.41, 5.74) is 3.36. The minimum Gasteiger partial charge on any atom is -0.338 e. The lowest BCUT2D eigenvalue weighted by molar-refractivity contribution is 0.0767. The van der Waals surface area contributed by atoms with Crippen LogP contribution < -0.4 is 5.32 Å². The van der Waals surface area contributed by atoms with Crippen LogP contribution >= 0.6 is 0 Å². The first-order valence-corrected chi connectivity index (χ1v) is 8.47. The summed E-state index contributed by atoms with van der Waals surface area (Å²) in [4.78, 5) is 23.2. The van der Waals surface area contributed by atoms with Crippen molar-refractivity contribution in [1.82, 2.24) is 14.9 Å². The number of carbonyl (C=O) groups excluding carboxylic acids is 1. The van der Waals surface area contributed by atoms with Crippen LogP contribution in [-0.4, -0.2) is 33.9 Å². The lowest BCUT2D eigenvalue weighted by Gasteiger charge is -2.19. The number of nitrogens with one attached hydrogen (secondary N) is 1. The highest BCUT2D eigenvalue weighted by molar-refractivity contribution is 5.92. The summed E-state index contributed by atoms with van der Waals surface area (Å²) < 4.78 is 0. The number of anilines is 2. The molecule has 5 nitrogen and oxygen atoms in total. The van der Waals surface area contributed by atoms with Crippen molar-refractivity contribution in [2.45, 2.75) is 40.5 Å². The van der Waals surface area contributed by atoms with Crippen LogP contribution in [0.3, 0.4) is 0 Å². The predicted molar refractivity (Wildman–Crippen MR) is 97.8 cm³/mol. The van der Waals surface area contributed by atoms with Gasteiger partial charge in [0.25, 0.3) is 5.91 Å². The van der Waals surface area contributed by atoms with Crippen molar-refractivity contribution < 1.29 is 4.79 Å². The van der Waals surface area contributed by atoms with Crippen molar-refractivity contribution in [1.29, 1.82) is 0 Å². The zero-order chi connectivity index (χ0) is 17.7. The molecule has 1 heterocycles. The summed E-state index contributed by atoms with van der Waals surface area (Å²) in [6.07, 6.45) is 0. The van der Waals surface area contributed by atoms with E-state index in [-0.39, 0.29) is 5.91 Å². The number of hydrogen-bond donors (Lipinski definition) is 1. The van der Waals surface area contributed by atoms with Crippen molar-refractivity contribution in [2.24, 2.45) is 0 Å². The fraction of sp³-hybridized carbons (Fsp3) is 0.421. The largest absolute Gasteiger partial charge is 0.338 e. The summed E-state index contributed by atoms with van der Waals surface area (Å²) in [6.45, 7) is 11.4. The molecule has 0 saturated carbocycles. The first kappa shape index (κ1) is 17.9. The average molecular weight is 326 g/mol. The third-order valence-electron chi connectivity index (χ3n) is 3.95. The molecule has 0 unspecified atom stereocenters. The van der Waals surface area contributed by atoms with E-state index >= 15 is 0 Å². The number of para-hydroxylation sites is 1. The SMILES string of the molecule is CCN(CC)C(=O)c1cc(C)nc(Nc2ccccc2C(C)C)n1. The van der Waals surface area contributed by atoms with Gasteiger partial charge in [0.15, 0.2) is 0 Å². The van der Waals surface area contributed by atoms with E-state index in [1.165, 1.54) is 5.56 Å². The van der Waals surface area contributed by atoms with Crippen molar-refractivity contribution in [2.75, 3.05) is 18.4 Å². The Morgan fingerprint density at radius 2 is 1.83 bits per heavy atom. The zero-order valence-corrected chi connectivity index (χ0v) is 15.1. The third-order valence-corrected chi connectivity index (χ3v) is 3.95. The number of aromatic nitrogens is 2. The molecule has 0 spiro atoms. The van der Waals surface area contributed by atoms with E-state index in [4.69, 9.17) is 0 Å². The lowest BCUT2D eigenvalue weighted by atomic mass is 10.0. The van der Waals surface area contributed by atoms with Crippen molar-refractivity contribution in [3.63, 3.8) is 0 Å². The summed E-state index contributed by atoms with van der Waals surface area (Å²) in [6, 6.07) is 9.83. The number of nitrogens with zero attached hydrogens (tertiary/aromatic N) is 3. The Bertz CT molecular complexity index is 708. The van der Waals surface area contributed by atoms with E-state index in [0.717, 1.165) is 11.4 Å². The molecule has 1 amide bonds. The Morgan fingerprint density at radius 1 is 1.17 bits per heavy atom. The van der Waals surface area contributed by atoms with E-state index in [1.54, 1.807) is 11.0 Å². The molecule has 0 atom stereocenters. The van der Waals surface area contributed by atoms with Gasteiger partial charge in [-0.2, -0.15) is 0 Å². The van der Waals surface area contributed by atoms with Gasteiger partial charge in [-0.05, 0) is 44.4 Å². The molecule has 2 rings (SSSR count). The number of hydrogen-bond acceptors (Lipinski definition) is 4. The predicted octanol–water partition coefficient (Wildman–Crippen LogP) is 4.13. The van der Waals surface area contributed by atoms with Crippen LogP contribution in [0.4, 0.5) is 11.6 Å². The molecule has 0 aliphatic carbocycles. The fourth-order valence-corrected chi connectivity index (χ4v) is 2.64. The second-order valence-corrected chi connectivity index (χ2v) is 6.06. The minimum atomic E-state index is -0.0642. The van der Waals surface area contributed by atoms with Gasteiger partial charge in [-0.3, -0.25) is 4.79 Å². The van der Waals surface area contributed by atoms with Gasteiger partial charge in [0.05, 0.1) is 0 Å². The highest BCUT2D eigenvalue weighted by Gasteiger charge is 2.16. The van der Waals surface area contributed by atoms with Gasteiger partial charge in [0.2, 0.25) is 5.95 Å². The van der Waals surface area contributed by atoms with Crippen LogP contribution in [0, 0.1) is 6.92 Å². The standard InChI is InChI=1S/C19H26N4O/c1-6-23(7-2)18(24)17-12-14(5)20-19(22-17)21-16-11-9-8-10-15(16)13(3)4/h8-13H,6-7H2,1-5H3,(H,20,21,22).